The predicted octanol–water partition coefficient (Wildman–Crippen LogP) is 1.39. The molecule has 5 nitrogen and oxygen atoms in total. The summed E-state index contributed by atoms with van der Waals surface area (Å²) in [5.74, 6) is 0.744. The van der Waals surface area contributed by atoms with Gasteiger partial charge in [-0.15, -0.1) is 11.8 Å². The molecule has 4 atom stereocenters. The number of nitrogens with one attached hydrogen (secondary N) is 3. The summed E-state index contributed by atoms with van der Waals surface area (Å²) < 4.78 is 0. The highest BCUT2D eigenvalue weighted by molar-refractivity contribution is 8.00. The Hall–Kier alpha value is -0.950. The first-order valence-electron chi connectivity index (χ1n) is 6.46. The maximum absolute atomic E-state index is 11.8. The van der Waals surface area contributed by atoms with E-state index in [1.807, 2.05) is 6.07 Å². The number of hydrogen-bond donors (Lipinski definition) is 4. The van der Waals surface area contributed by atoms with Crippen molar-refractivity contribution >= 4 is 29.3 Å². The van der Waals surface area contributed by atoms with E-state index in [0.29, 0.717) is 10.8 Å². The summed E-state index contributed by atoms with van der Waals surface area (Å²) in [5.41, 5.74) is 7.33. The highest BCUT2D eigenvalue weighted by Gasteiger charge is 2.42. The van der Waals surface area contributed by atoms with Crippen LogP contribution < -0.4 is 16.2 Å². The van der Waals surface area contributed by atoms with E-state index in [9.17, 15) is 9.90 Å². The smallest absolute Gasteiger partial charge is 0.231 e. The quantitative estimate of drug-likeness (QED) is 0.630. The topological polar surface area (TPSA) is 73.4 Å². The minimum absolute atomic E-state index is 0.0285. The highest BCUT2D eigenvalue weighted by Crippen LogP contribution is 2.43. The monoisotopic (exact) mass is 313 g/mol. The molecule has 7 heteroatoms. The molecule has 0 bridgehead atoms. The number of rotatable bonds is 1. The van der Waals surface area contributed by atoms with Gasteiger partial charge in [-0.1, -0.05) is 17.7 Å². The van der Waals surface area contributed by atoms with E-state index in [0.717, 1.165) is 5.56 Å². The van der Waals surface area contributed by atoms with Gasteiger partial charge in [-0.05, 0) is 24.6 Å². The second kappa shape index (κ2) is 5.44. The summed E-state index contributed by atoms with van der Waals surface area (Å²) in [4.78, 5) is 11.8. The molecular weight excluding hydrogens is 298 g/mol. The van der Waals surface area contributed by atoms with Gasteiger partial charge in [-0.3, -0.25) is 10.2 Å². The van der Waals surface area contributed by atoms with Crippen LogP contribution in [0.25, 0.3) is 0 Å². The average Bonchev–Trinajstić information content (AvgIpc) is 2.67. The zero-order valence-corrected chi connectivity index (χ0v) is 12.5. The molecule has 1 aromatic carbocycles. The number of hydrazine groups is 1. The van der Waals surface area contributed by atoms with E-state index in [1.165, 1.54) is 0 Å². The summed E-state index contributed by atoms with van der Waals surface area (Å²) in [6, 6.07) is 5.49. The number of carbonyl (C=O) groups excluding carboxylic acids is 1. The number of carbonyl (C=O) groups is 1. The van der Waals surface area contributed by atoms with Crippen molar-refractivity contribution in [1.82, 2.24) is 16.2 Å². The van der Waals surface area contributed by atoms with Crippen LogP contribution in [0.15, 0.2) is 18.2 Å². The lowest BCUT2D eigenvalue weighted by Gasteiger charge is -2.27. The van der Waals surface area contributed by atoms with Gasteiger partial charge in [0.05, 0.1) is 16.9 Å². The number of phenols is 1. The van der Waals surface area contributed by atoms with Crippen LogP contribution in [-0.4, -0.2) is 29.0 Å². The van der Waals surface area contributed by atoms with Crippen molar-refractivity contribution in [3.8, 4) is 5.75 Å². The lowest BCUT2D eigenvalue weighted by Crippen LogP contribution is -2.46. The molecule has 0 aromatic heterocycles. The summed E-state index contributed by atoms with van der Waals surface area (Å²) in [6.07, 6.45) is -0.0925. The molecular formula is C13H16ClN3O2S. The van der Waals surface area contributed by atoms with Crippen molar-refractivity contribution < 1.29 is 9.90 Å². The standard InChI is InChI=1S/C13H16ClN3O2S/c1-6-11-12(7-2-3-9(18)8(14)4-7)20-5-10(19)15-13(11)17-16-6/h2-4,6,11-13,16-18H,5H2,1H3,(H,15,19). The molecule has 3 rings (SSSR count). The molecule has 2 heterocycles. The molecule has 0 radical (unpaired) electrons. The molecule has 0 spiro atoms. The molecule has 0 aliphatic carbocycles. The lowest BCUT2D eigenvalue weighted by molar-refractivity contribution is -0.119. The Morgan fingerprint density at radius 2 is 2.20 bits per heavy atom. The van der Waals surface area contributed by atoms with Gasteiger partial charge >= 0.3 is 0 Å². The largest absolute Gasteiger partial charge is 0.506 e. The van der Waals surface area contributed by atoms with Crippen LogP contribution in [0, 0.1) is 5.92 Å². The van der Waals surface area contributed by atoms with Gasteiger partial charge in [0.25, 0.3) is 0 Å². The van der Waals surface area contributed by atoms with Crippen LogP contribution in [0.2, 0.25) is 5.02 Å². The van der Waals surface area contributed by atoms with Gasteiger partial charge in [-0.2, -0.15) is 0 Å². The second-order valence-corrected chi connectivity index (χ2v) is 6.68. The molecule has 2 fully saturated rings. The Bertz CT molecular complexity index is 542. The van der Waals surface area contributed by atoms with Crippen molar-refractivity contribution in [1.29, 1.82) is 0 Å². The predicted molar refractivity (Wildman–Crippen MR) is 79.5 cm³/mol. The first-order chi connectivity index (χ1) is 9.56. The maximum Gasteiger partial charge on any atom is 0.231 e. The minimum atomic E-state index is -0.0925. The fourth-order valence-electron chi connectivity index (χ4n) is 2.78. The van der Waals surface area contributed by atoms with Crippen molar-refractivity contribution in [2.24, 2.45) is 5.92 Å². The molecule has 1 amide bonds. The Balaban J connectivity index is 1.96. The van der Waals surface area contributed by atoms with Crippen LogP contribution in [0.4, 0.5) is 0 Å². The normalized spacial score (nSPS) is 33.4. The lowest BCUT2D eigenvalue weighted by atomic mass is 9.91. The minimum Gasteiger partial charge on any atom is -0.506 e. The molecule has 0 saturated carbocycles. The second-order valence-electron chi connectivity index (χ2n) is 5.14. The van der Waals surface area contributed by atoms with Crippen LogP contribution in [0.3, 0.4) is 0 Å². The zero-order valence-electron chi connectivity index (χ0n) is 10.9. The van der Waals surface area contributed by atoms with Crippen molar-refractivity contribution in [3.63, 3.8) is 0 Å². The summed E-state index contributed by atoms with van der Waals surface area (Å²) in [6.45, 7) is 2.09. The summed E-state index contributed by atoms with van der Waals surface area (Å²) in [5, 5.41) is 13.0. The van der Waals surface area contributed by atoms with Crippen LogP contribution in [0.1, 0.15) is 17.7 Å². The molecule has 108 valence electrons. The molecule has 2 saturated heterocycles. The zero-order chi connectivity index (χ0) is 14.3. The van der Waals surface area contributed by atoms with Crippen molar-refractivity contribution in [2.75, 3.05) is 5.75 Å². The first-order valence-corrected chi connectivity index (χ1v) is 7.89. The molecule has 1 aromatic rings. The number of phenolic OH excluding ortho intramolecular Hbond substituents is 1. The molecule has 4 N–H and O–H groups in total. The van der Waals surface area contributed by atoms with Gasteiger partial charge in [0.15, 0.2) is 0 Å². The number of aromatic hydroxyl groups is 1. The van der Waals surface area contributed by atoms with E-state index >= 15 is 0 Å². The van der Waals surface area contributed by atoms with Gasteiger partial charge in [0.1, 0.15) is 5.75 Å². The Labute approximate surface area is 126 Å². The fourth-order valence-corrected chi connectivity index (χ4v) is 4.34. The number of benzene rings is 1. The van der Waals surface area contributed by atoms with E-state index < -0.39 is 0 Å². The van der Waals surface area contributed by atoms with E-state index in [4.69, 9.17) is 11.6 Å². The van der Waals surface area contributed by atoms with Gasteiger partial charge in [-0.25, -0.2) is 5.43 Å². The SMILES string of the molecule is CC1NNC2NC(=O)CSC(c3ccc(O)c(Cl)c3)C12. The first kappa shape index (κ1) is 14.0. The van der Waals surface area contributed by atoms with E-state index in [1.54, 1.807) is 23.9 Å². The average molecular weight is 314 g/mol. The van der Waals surface area contributed by atoms with Crippen molar-refractivity contribution in [3.05, 3.63) is 28.8 Å². The summed E-state index contributed by atoms with van der Waals surface area (Å²) >= 11 is 7.62. The Morgan fingerprint density at radius 1 is 1.40 bits per heavy atom. The Kier molecular flexibility index (Phi) is 3.81. The van der Waals surface area contributed by atoms with E-state index in [2.05, 4.69) is 23.1 Å². The third-order valence-electron chi connectivity index (χ3n) is 3.79. The van der Waals surface area contributed by atoms with Crippen LogP contribution >= 0.6 is 23.4 Å². The summed E-state index contributed by atoms with van der Waals surface area (Å²) in [7, 11) is 0. The highest BCUT2D eigenvalue weighted by atomic mass is 35.5. The molecule has 20 heavy (non-hydrogen) atoms. The van der Waals surface area contributed by atoms with E-state index in [-0.39, 0.29) is 35.0 Å². The molecule has 4 unspecified atom stereocenters. The molecule has 2 aliphatic heterocycles. The third-order valence-corrected chi connectivity index (χ3v) is 5.47. The molecule has 2 aliphatic rings. The third kappa shape index (κ3) is 2.48. The van der Waals surface area contributed by atoms with Gasteiger partial charge < -0.3 is 10.4 Å². The van der Waals surface area contributed by atoms with Crippen LogP contribution in [0.5, 0.6) is 5.75 Å². The van der Waals surface area contributed by atoms with Gasteiger partial charge in [0.2, 0.25) is 5.91 Å². The number of thioether (sulfide) groups is 1. The van der Waals surface area contributed by atoms with Crippen molar-refractivity contribution in [2.45, 2.75) is 24.4 Å². The number of hydrogen-bond acceptors (Lipinski definition) is 5. The number of fused-ring (bicyclic) bond motifs is 1. The number of amides is 1. The maximum atomic E-state index is 11.8. The fraction of sp³-hybridized carbons (Fsp3) is 0.462. The Morgan fingerprint density at radius 3 is 2.95 bits per heavy atom. The van der Waals surface area contributed by atoms with Crippen LogP contribution in [-0.2, 0) is 4.79 Å². The number of halogens is 1. The van der Waals surface area contributed by atoms with Gasteiger partial charge in [0, 0.05) is 17.2 Å².